The molecule has 0 spiro atoms. The van der Waals surface area contributed by atoms with Gasteiger partial charge in [0, 0.05) is 28.2 Å². The maximum Gasteiger partial charge on any atom is 0.270 e. The molecule has 2 aromatic rings. The summed E-state index contributed by atoms with van der Waals surface area (Å²) in [6, 6.07) is 11.0. The van der Waals surface area contributed by atoms with Gasteiger partial charge in [0.15, 0.2) is 0 Å². The number of carbonyl (C=O) groups is 1. The minimum atomic E-state index is 0.193. The number of hydrogen-bond acceptors (Lipinski definition) is 2. The number of aromatic nitrogens is 1. The van der Waals surface area contributed by atoms with Crippen LogP contribution in [0.15, 0.2) is 30.3 Å². The van der Waals surface area contributed by atoms with Crippen molar-refractivity contribution in [2.75, 3.05) is 6.26 Å². The first-order valence-electron chi connectivity index (χ1n) is 7.69. The molecule has 2 aliphatic rings. The number of carbonyl (C=O) groups excluding carboxylic acids is 1. The van der Waals surface area contributed by atoms with E-state index in [1.165, 1.54) is 12.8 Å². The van der Waals surface area contributed by atoms with Crippen LogP contribution in [0.3, 0.4) is 0 Å². The summed E-state index contributed by atoms with van der Waals surface area (Å²) >= 11 is 1.96. The van der Waals surface area contributed by atoms with Gasteiger partial charge in [0.25, 0.3) is 5.91 Å². The SMILES string of the molecule is CSC1CC2CCC(C1)N2C(=O)c1cc2ccccc2[nH]1. The number of rotatable bonds is 2. The van der Waals surface area contributed by atoms with Gasteiger partial charge < -0.3 is 9.88 Å². The van der Waals surface area contributed by atoms with Crippen molar-refractivity contribution in [1.82, 2.24) is 9.88 Å². The molecule has 0 saturated carbocycles. The lowest BCUT2D eigenvalue weighted by atomic mass is 10.0. The highest BCUT2D eigenvalue weighted by Gasteiger charge is 2.43. The second-order valence-corrected chi connectivity index (χ2v) is 7.33. The molecule has 2 aliphatic heterocycles. The van der Waals surface area contributed by atoms with E-state index in [2.05, 4.69) is 22.2 Å². The first kappa shape index (κ1) is 13.3. The number of H-pyrrole nitrogens is 1. The van der Waals surface area contributed by atoms with Gasteiger partial charge in [-0.2, -0.15) is 11.8 Å². The first-order valence-corrected chi connectivity index (χ1v) is 8.98. The van der Waals surface area contributed by atoms with Gasteiger partial charge >= 0.3 is 0 Å². The van der Waals surface area contributed by atoms with Crippen LogP contribution in [0.1, 0.15) is 36.2 Å². The van der Waals surface area contributed by atoms with Crippen molar-refractivity contribution >= 4 is 28.6 Å². The van der Waals surface area contributed by atoms with Crippen LogP contribution in [-0.4, -0.2) is 39.4 Å². The minimum absolute atomic E-state index is 0.193. The van der Waals surface area contributed by atoms with E-state index in [4.69, 9.17) is 0 Å². The molecule has 1 N–H and O–H groups in total. The van der Waals surface area contributed by atoms with Gasteiger partial charge in [0.05, 0.1) is 0 Å². The molecule has 1 aromatic carbocycles. The van der Waals surface area contributed by atoms with Gasteiger partial charge in [-0.15, -0.1) is 0 Å². The quantitative estimate of drug-likeness (QED) is 0.918. The molecule has 2 unspecified atom stereocenters. The number of benzene rings is 1. The molecular weight excluding hydrogens is 280 g/mol. The third-order valence-electron chi connectivity index (χ3n) is 5.02. The Morgan fingerprint density at radius 2 is 1.95 bits per heavy atom. The summed E-state index contributed by atoms with van der Waals surface area (Å²) in [7, 11) is 0. The predicted molar refractivity (Wildman–Crippen MR) is 87.8 cm³/mol. The molecule has 1 amide bonds. The highest BCUT2D eigenvalue weighted by atomic mass is 32.2. The largest absolute Gasteiger partial charge is 0.351 e. The maximum atomic E-state index is 12.9. The Hall–Kier alpha value is -1.42. The number of fused-ring (bicyclic) bond motifs is 3. The lowest BCUT2D eigenvalue weighted by Gasteiger charge is -2.38. The van der Waals surface area contributed by atoms with Crippen molar-refractivity contribution in [3.63, 3.8) is 0 Å². The number of nitrogens with one attached hydrogen (secondary N) is 1. The van der Waals surface area contributed by atoms with E-state index in [1.807, 2.05) is 36.0 Å². The zero-order chi connectivity index (χ0) is 14.4. The smallest absolute Gasteiger partial charge is 0.270 e. The Labute approximate surface area is 129 Å². The Balaban J connectivity index is 1.63. The molecule has 4 heteroatoms. The molecular formula is C17H20N2OS. The maximum absolute atomic E-state index is 12.9. The molecule has 3 nitrogen and oxygen atoms in total. The third kappa shape index (κ3) is 2.16. The summed E-state index contributed by atoms with van der Waals surface area (Å²) in [5.74, 6) is 0.193. The zero-order valence-electron chi connectivity index (χ0n) is 12.2. The van der Waals surface area contributed by atoms with E-state index in [1.54, 1.807) is 0 Å². The summed E-state index contributed by atoms with van der Waals surface area (Å²) in [6.07, 6.45) is 6.86. The van der Waals surface area contributed by atoms with Crippen molar-refractivity contribution in [3.8, 4) is 0 Å². The van der Waals surface area contributed by atoms with E-state index in [-0.39, 0.29) is 5.91 Å². The zero-order valence-corrected chi connectivity index (χ0v) is 13.0. The Bertz CT molecular complexity index is 633. The first-order chi connectivity index (χ1) is 10.3. The summed E-state index contributed by atoms with van der Waals surface area (Å²) in [4.78, 5) is 18.4. The lowest BCUT2D eigenvalue weighted by molar-refractivity contribution is 0.0596. The molecule has 3 heterocycles. The highest BCUT2D eigenvalue weighted by molar-refractivity contribution is 7.99. The van der Waals surface area contributed by atoms with Gasteiger partial charge in [-0.05, 0) is 44.1 Å². The Kier molecular flexibility index (Phi) is 3.21. The van der Waals surface area contributed by atoms with Crippen LogP contribution in [0.2, 0.25) is 0 Å². The molecule has 0 radical (unpaired) electrons. The van der Waals surface area contributed by atoms with Crippen molar-refractivity contribution in [2.24, 2.45) is 0 Å². The number of nitrogens with zero attached hydrogens (tertiary/aromatic N) is 1. The molecule has 2 saturated heterocycles. The van der Waals surface area contributed by atoms with Crippen LogP contribution < -0.4 is 0 Å². The van der Waals surface area contributed by atoms with Crippen LogP contribution >= 0.6 is 11.8 Å². The van der Waals surface area contributed by atoms with Crippen molar-refractivity contribution in [2.45, 2.75) is 43.0 Å². The second-order valence-electron chi connectivity index (χ2n) is 6.20. The highest BCUT2D eigenvalue weighted by Crippen LogP contribution is 2.40. The Morgan fingerprint density at radius 3 is 2.62 bits per heavy atom. The van der Waals surface area contributed by atoms with Crippen molar-refractivity contribution in [1.29, 1.82) is 0 Å². The second kappa shape index (κ2) is 5.09. The van der Waals surface area contributed by atoms with Gasteiger partial charge in [0.2, 0.25) is 0 Å². The van der Waals surface area contributed by atoms with Gasteiger partial charge in [-0.25, -0.2) is 0 Å². The number of aromatic amines is 1. The fraction of sp³-hybridized carbons (Fsp3) is 0.471. The number of hydrogen-bond donors (Lipinski definition) is 1. The lowest BCUT2D eigenvalue weighted by Crippen LogP contribution is -2.47. The average Bonchev–Trinajstić information content (AvgIpc) is 3.05. The number of piperidine rings is 1. The standard InChI is InChI=1S/C17H20N2OS/c1-21-14-9-12-6-7-13(10-14)19(12)17(20)16-8-11-4-2-3-5-15(11)18-16/h2-5,8,12-14,18H,6-7,9-10H2,1H3. The van der Waals surface area contributed by atoms with Crippen LogP contribution in [0.25, 0.3) is 10.9 Å². The molecule has 1 aromatic heterocycles. The van der Waals surface area contributed by atoms with Gasteiger partial charge in [0.1, 0.15) is 5.69 Å². The van der Waals surface area contributed by atoms with Gasteiger partial charge in [-0.3, -0.25) is 4.79 Å². The van der Waals surface area contributed by atoms with Crippen LogP contribution in [0, 0.1) is 0 Å². The fourth-order valence-corrected chi connectivity index (χ4v) is 4.81. The monoisotopic (exact) mass is 300 g/mol. The average molecular weight is 300 g/mol. The molecule has 2 bridgehead atoms. The number of amides is 1. The number of thioether (sulfide) groups is 1. The normalized spacial score (nSPS) is 28.2. The number of para-hydroxylation sites is 1. The minimum Gasteiger partial charge on any atom is -0.351 e. The van der Waals surface area contributed by atoms with Crippen LogP contribution in [0.4, 0.5) is 0 Å². The van der Waals surface area contributed by atoms with Crippen molar-refractivity contribution < 1.29 is 4.79 Å². The molecule has 21 heavy (non-hydrogen) atoms. The molecule has 110 valence electrons. The summed E-state index contributed by atoms with van der Waals surface area (Å²) in [5, 5.41) is 1.85. The summed E-state index contributed by atoms with van der Waals surface area (Å²) < 4.78 is 0. The van der Waals surface area contributed by atoms with Crippen LogP contribution in [0.5, 0.6) is 0 Å². The van der Waals surface area contributed by atoms with E-state index in [9.17, 15) is 4.79 Å². The van der Waals surface area contributed by atoms with E-state index in [0.717, 1.165) is 34.7 Å². The topological polar surface area (TPSA) is 36.1 Å². The third-order valence-corrected chi connectivity index (χ3v) is 6.07. The Morgan fingerprint density at radius 1 is 1.24 bits per heavy atom. The molecule has 2 fully saturated rings. The molecule has 4 rings (SSSR count). The van der Waals surface area contributed by atoms with E-state index in [0.29, 0.717) is 12.1 Å². The summed E-state index contributed by atoms with van der Waals surface area (Å²) in [6.45, 7) is 0. The summed E-state index contributed by atoms with van der Waals surface area (Å²) in [5.41, 5.74) is 1.79. The van der Waals surface area contributed by atoms with Crippen molar-refractivity contribution in [3.05, 3.63) is 36.0 Å². The fourth-order valence-electron chi connectivity index (χ4n) is 3.98. The van der Waals surface area contributed by atoms with Gasteiger partial charge in [-0.1, -0.05) is 18.2 Å². The molecule has 0 aliphatic carbocycles. The predicted octanol–water partition coefficient (Wildman–Crippen LogP) is 3.67. The van der Waals surface area contributed by atoms with E-state index < -0.39 is 0 Å². The van der Waals surface area contributed by atoms with Crippen LogP contribution in [-0.2, 0) is 0 Å². The molecule has 2 atom stereocenters. The van der Waals surface area contributed by atoms with E-state index >= 15 is 0 Å².